The smallest absolute Gasteiger partial charge is 0.322 e. The number of amides is 3. The van der Waals surface area contributed by atoms with Gasteiger partial charge in [0.1, 0.15) is 17.6 Å². The summed E-state index contributed by atoms with van der Waals surface area (Å²) in [5.41, 5.74) is 8.43. The number of nitriles is 1. The summed E-state index contributed by atoms with van der Waals surface area (Å²) in [4.78, 5) is 28.2. The van der Waals surface area contributed by atoms with Gasteiger partial charge < -0.3 is 30.7 Å². The molecule has 1 aliphatic carbocycles. The van der Waals surface area contributed by atoms with Crippen LogP contribution in [0.1, 0.15) is 48.8 Å². The van der Waals surface area contributed by atoms with Gasteiger partial charge in [-0.3, -0.25) is 4.79 Å². The third kappa shape index (κ3) is 6.79. The normalized spacial score (nSPS) is 19.3. The van der Waals surface area contributed by atoms with Gasteiger partial charge in [0, 0.05) is 25.8 Å². The van der Waals surface area contributed by atoms with Gasteiger partial charge in [-0.1, -0.05) is 31.0 Å². The average molecular weight is 586 g/mol. The zero-order valence-electron chi connectivity index (χ0n) is 24.3. The van der Waals surface area contributed by atoms with Gasteiger partial charge in [0.25, 0.3) is 0 Å². The zero-order chi connectivity index (χ0) is 30.6. The molecule has 0 aromatic heterocycles. The number of likely N-dealkylation sites (tertiary alicyclic amines) is 1. The van der Waals surface area contributed by atoms with Crippen LogP contribution in [0.4, 0.5) is 20.6 Å². The Hall–Kier alpha value is -4.46. The number of carbonyl (C=O) groups is 2. The summed E-state index contributed by atoms with van der Waals surface area (Å²) in [6.07, 6.45) is 3.70. The van der Waals surface area contributed by atoms with Crippen LogP contribution in [-0.2, 0) is 15.1 Å². The van der Waals surface area contributed by atoms with Crippen molar-refractivity contribution in [3.05, 3.63) is 89.2 Å². The fourth-order valence-electron chi connectivity index (χ4n) is 5.59. The molecule has 0 spiro atoms. The minimum absolute atomic E-state index is 0.0310. The van der Waals surface area contributed by atoms with E-state index in [0.717, 1.165) is 24.8 Å². The first-order valence-electron chi connectivity index (χ1n) is 14.4. The molecule has 1 saturated carbocycles. The van der Waals surface area contributed by atoms with Crippen LogP contribution < -0.4 is 21.1 Å². The zero-order valence-corrected chi connectivity index (χ0v) is 24.3. The number of nitrogens with zero attached hydrogens (tertiary/aromatic N) is 2. The second-order valence-electron chi connectivity index (χ2n) is 11.3. The molecular formula is C33H36FN5O4. The lowest BCUT2D eigenvalue weighted by molar-refractivity contribution is -0.119. The fourth-order valence-corrected chi connectivity index (χ4v) is 5.59. The summed E-state index contributed by atoms with van der Waals surface area (Å²) in [7, 11) is 3.08. The van der Waals surface area contributed by atoms with Gasteiger partial charge in [-0.25, -0.2) is 9.18 Å². The number of methoxy groups -OCH3 is 2. The highest BCUT2D eigenvalue weighted by Crippen LogP contribution is 2.40. The molecule has 3 atom stereocenters. The van der Waals surface area contributed by atoms with Crippen molar-refractivity contribution in [1.82, 2.24) is 4.90 Å². The first-order valence-corrected chi connectivity index (χ1v) is 14.4. The van der Waals surface area contributed by atoms with Gasteiger partial charge in [-0.15, -0.1) is 0 Å². The third-order valence-electron chi connectivity index (χ3n) is 8.39. The highest BCUT2D eigenvalue weighted by Gasteiger charge is 2.40. The van der Waals surface area contributed by atoms with E-state index in [2.05, 4.69) is 16.7 Å². The molecule has 3 unspecified atom stereocenters. The Balaban J connectivity index is 1.38. The summed E-state index contributed by atoms with van der Waals surface area (Å²) in [5.74, 6) is 0.0928. The van der Waals surface area contributed by atoms with Crippen molar-refractivity contribution in [2.24, 2.45) is 11.7 Å². The lowest BCUT2D eigenvalue weighted by Crippen LogP contribution is -2.45. The minimum Gasteiger partial charge on any atom is -0.497 e. The topological polar surface area (TPSA) is 130 Å². The van der Waals surface area contributed by atoms with Crippen LogP contribution in [0.3, 0.4) is 0 Å². The summed E-state index contributed by atoms with van der Waals surface area (Å²) < 4.78 is 25.8. The molecule has 2 fully saturated rings. The van der Waals surface area contributed by atoms with Gasteiger partial charge in [0.05, 0.1) is 36.1 Å². The van der Waals surface area contributed by atoms with E-state index in [4.69, 9.17) is 15.2 Å². The van der Waals surface area contributed by atoms with Crippen molar-refractivity contribution in [1.29, 1.82) is 5.26 Å². The lowest BCUT2D eigenvalue weighted by atomic mass is 9.79. The predicted octanol–water partition coefficient (Wildman–Crippen LogP) is 5.36. The third-order valence-corrected chi connectivity index (χ3v) is 8.39. The predicted molar refractivity (Wildman–Crippen MR) is 161 cm³/mol. The van der Waals surface area contributed by atoms with Gasteiger partial charge in [-0.2, -0.15) is 5.26 Å². The maximum atomic E-state index is 15.2. The van der Waals surface area contributed by atoms with Crippen LogP contribution in [-0.4, -0.2) is 49.7 Å². The van der Waals surface area contributed by atoms with E-state index in [9.17, 15) is 14.9 Å². The number of ether oxygens (including phenoxy) is 2. The molecule has 2 aliphatic rings. The van der Waals surface area contributed by atoms with Crippen molar-refractivity contribution in [3.8, 4) is 11.8 Å². The van der Waals surface area contributed by atoms with E-state index in [-0.39, 0.29) is 24.8 Å². The molecule has 1 heterocycles. The molecule has 1 saturated heterocycles. The van der Waals surface area contributed by atoms with Crippen LogP contribution in [0, 0.1) is 23.1 Å². The number of anilines is 2. The van der Waals surface area contributed by atoms with Crippen LogP contribution in [0.25, 0.3) is 0 Å². The lowest BCUT2D eigenvalue weighted by Gasteiger charge is -2.32. The Labute approximate surface area is 250 Å². The molecule has 5 rings (SSSR count). The number of hydrogen-bond acceptors (Lipinski definition) is 6. The fraction of sp³-hybridized carbons (Fsp3) is 0.364. The van der Waals surface area contributed by atoms with Crippen LogP contribution in [0.15, 0.2) is 66.7 Å². The van der Waals surface area contributed by atoms with E-state index >= 15 is 4.39 Å². The number of carbonyl (C=O) groups excluding carboxylic acids is 2. The molecule has 1 aliphatic heterocycles. The highest BCUT2D eigenvalue weighted by atomic mass is 19.1. The van der Waals surface area contributed by atoms with Gasteiger partial charge in [0.2, 0.25) is 5.91 Å². The van der Waals surface area contributed by atoms with Crippen molar-refractivity contribution in [3.63, 3.8) is 0 Å². The second-order valence-corrected chi connectivity index (χ2v) is 11.3. The molecule has 3 aromatic carbocycles. The van der Waals surface area contributed by atoms with E-state index in [0.29, 0.717) is 34.9 Å². The summed E-state index contributed by atoms with van der Waals surface area (Å²) in [6.45, 7) is 0.196. The average Bonchev–Trinajstić information content (AvgIpc) is 3.76. The van der Waals surface area contributed by atoms with E-state index < -0.39 is 29.3 Å². The Morgan fingerprint density at radius 2 is 1.81 bits per heavy atom. The monoisotopic (exact) mass is 585 g/mol. The van der Waals surface area contributed by atoms with Crippen molar-refractivity contribution in [2.45, 2.75) is 49.8 Å². The number of rotatable bonds is 10. The van der Waals surface area contributed by atoms with Gasteiger partial charge in [0.15, 0.2) is 0 Å². The summed E-state index contributed by atoms with van der Waals surface area (Å²) in [5, 5.41) is 15.0. The van der Waals surface area contributed by atoms with Crippen LogP contribution >= 0.6 is 0 Å². The molecule has 3 amide bonds. The van der Waals surface area contributed by atoms with Crippen molar-refractivity contribution in [2.75, 3.05) is 31.4 Å². The number of nitrogens with one attached hydrogen (secondary N) is 2. The largest absolute Gasteiger partial charge is 0.497 e. The molecule has 3 aromatic rings. The Kier molecular flexibility index (Phi) is 8.94. The molecule has 0 radical (unpaired) electrons. The first-order chi connectivity index (χ1) is 20.7. The SMILES string of the molecule is COc1ccc(NC(=O)N2CC(OC)CC2C(=O)Nc2cc(C(N)(CCC3CC3)c3cccc(C#N)c3)ccc2F)cc1. The van der Waals surface area contributed by atoms with E-state index in [1.165, 1.54) is 18.1 Å². The minimum atomic E-state index is -0.999. The molecule has 224 valence electrons. The molecule has 10 heteroatoms. The number of halogens is 1. The molecule has 0 bridgehead atoms. The molecule has 43 heavy (non-hydrogen) atoms. The summed E-state index contributed by atoms with van der Waals surface area (Å²) >= 11 is 0. The van der Waals surface area contributed by atoms with Crippen molar-refractivity contribution >= 4 is 23.3 Å². The number of nitrogens with two attached hydrogens (primary N) is 1. The van der Waals surface area contributed by atoms with E-state index in [1.807, 2.05) is 6.07 Å². The van der Waals surface area contributed by atoms with Gasteiger partial charge >= 0.3 is 6.03 Å². The van der Waals surface area contributed by atoms with E-state index in [1.54, 1.807) is 61.7 Å². The highest BCUT2D eigenvalue weighted by molar-refractivity contribution is 6.00. The standard InChI is InChI=1S/C33H36FN5O4/c1-42-26-11-9-25(10-12-26)37-32(41)39-20-27(43-2)18-30(39)31(40)38-29-17-24(8-13-28(29)34)33(36,15-14-21-6-7-21)23-5-3-4-22(16-23)19-35/h3-5,8-13,16-17,21,27,30H,6-7,14-15,18,20,36H2,1-2H3,(H,37,41)(H,38,40). The Morgan fingerprint density at radius 3 is 2.49 bits per heavy atom. The number of benzene rings is 3. The van der Waals surface area contributed by atoms with Gasteiger partial charge in [-0.05, 0) is 78.4 Å². The maximum Gasteiger partial charge on any atom is 0.322 e. The molecule has 4 N–H and O–H groups in total. The quantitative estimate of drug-likeness (QED) is 0.294. The maximum absolute atomic E-state index is 15.2. The summed E-state index contributed by atoms with van der Waals surface area (Å²) in [6, 6.07) is 19.2. The Bertz CT molecular complexity index is 1520. The van der Waals surface area contributed by atoms with Crippen molar-refractivity contribution < 1.29 is 23.5 Å². The Morgan fingerprint density at radius 1 is 1.07 bits per heavy atom. The molecular weight excluding hydrogens is 549 g/mol. The van der Waals surface area contributed by atoms with Crippen LogP contribution in [0.5, 0.6) is 5.75 Å². The molecule has 9 nitrogen and oxygen atoms in total. The number of hydrogen-bond donors (Lipinski definition) is 3. The number of urea groups is 1. The second kappa shape index (κ2) is 12.8. The van der Waals surface area contributed by atoms with Crippen LogP contribution in [0.2, 0.25) is 0 Å². The first kappa shape index (κ1) is 30.0.